The van der Waals surface area contributed by atoms with Crippen LogP contribution in [0.5, 0.6) is 0 Å². The maximum atomic E-state index is 5.94. The Kier molecular flexibility index (Phi) is 3.78. The van der Waals surface area contributed by atoms with Gasteiger partial charge < -0.3 is 15.1 Å². The lowest BCUT2D eigenvalue weighted by atomic mass is 10.0. The average Bonchev–Trinajstić information content (AvgIpc) is 3.46. The molecule has 9 heteroatoms. The molecule has 0 spiro atoms. The highest BCUT2D eigenvalue weighted by molar-refractivity contribution is 6.01. The summed E-state index contributed by atoms with van der Waals surface area (Å²) in [4.78, 5) is 18.8. The molecular formula is C19H18N8O. The number of aryl methyl sites for hydroxylation is 1. The maximum absolute atomic E-state index is 5.94. The molecule has 0 fully saturated rings. The predicted octanol–water partition coefficient (Wildman–Crippen LogP) is 2.48. The van der Waals surface area contributed by atoms with Crippen LogP contribution in [0.3, 0.4) is 0 Å². The molecule has 140 valence electrons. The van der Waals surface area contributed by atoms with Crippen LogP contribution >= 0.6 is 0 Å². The largest absolute Gasteiger partial charge is 0.387 e. The number of hydrogen-bond acceptors (Lipinski definition) is 7. The molecule has 3 aromatic heterocycles. The molecule has 0 saturated heterocycles. The van der Waals surface area contributed by atoms with Crippen molar-refractivity contribution in [1.29, 1.82) is 0 Å². The van der Waals surface area contributed by atoms with Crippen LogP contribution in [0, 0.1) is 0 Å². The van der Waals surface area contributed by atoms with E-state index in [0.717, 1.165) is 27.9 Å². The summed E-state index contributed by atoms with van der Waals surface area (Å²) in [6.07, 6.45) is 5.40. The minimum atomic E-state index is -0.227. The minimum absolute atomic E-state index is 0.227. The van der Waals surface area contributed by atoms with Gasteiger partial charge >= 0.3 is 0 Å². The number of aromatic nitrogens is 6. The Hall–Kier alpha value is -3.75. The molecule has 0 aliphatic carbocycles. The Balaban J connectivity index is 1.58. The number of anilines is 1. The number of imidazole rings is 1. The molecule has 28 heavy (non-hydrogen) atoms. The SMILES string of the molecule is CCn1c(-n2ncnc2N)nc2cncc(C3CC(c4ccccc4)=NO3)c21. The molecule has 0 radical (unpaired) electrons. The number of nitrogens with zero attached hydrogens (tertiary/aromatic N) is 7. The summed E-state index contributed by atoms with van der Waals surface area (Å²) in [7, 11) is 0. The van der Waals surface area contributed by atoms with Crippen LogP contribution in [-0.4, -0.2) is 35.0 Å². The van der Waals surface area contributed by atoms with Crippen molar-refractivity contribution in [3.63, 3.8) is 0 Å². The van der Waals surface area contributed by atoms with Crippen LogP contribution in [0.4, 0.5) is 5.95 Å². The number of nitrogen functional groups attached to an aromatic ring is 1. The molecule has 0 bridgehead atoms. The first kappa shape index (κ1) is 16.4. The fourth-order valence-electron chi connectivity index (χ4n) is 3.55. The van der Waals surface area contributed by atoms with Crippen LogP contribution in [-0.2, 0) is 11.4 Å². The van der Waals surface area contributed by atoms with Crippen LogP contribution < -0.4 is 5.73 Å². The van der Waals surface area contributed by atoms with Gasteiger partial charge in [-0.3, -0.25) is 4.98 Å². The normalized spacial score (nSPS) is 16.3. The van der Waals surface area contributed by atoms with E-state index >= 15 is 0 Å². The Morgan fingerprint density at radius 1 is 1.21 bits per heavy atom. The Bertz CT molecular complexity index is 1180. The van der Waals surface area contributed by atoms with Crippen molar-refractivity contribution in [2.75, 3.05) is 5.73 Å². The highest BCUT2D eigenvalue weighted by Gasteiger charge is 2.28. The topological polar surface area (TPSA) is 109 Å². The summed E-state index contributed by atoms with van der Waals surface area (Å²) in [5.41, 5.74) is 10.5. The maximum Gasteiger partial charge on any atom is 0.235 e. The third-order valence-corrected chi connectivity index (χ3v) is 4.86. The predicted molar refractivity (Wildman–Crippen MR) is 104 cm³/mol. The average molecular weight is 374 g/mol. The van der Waals surface area contributed by atoms with Crippen LogP contribution in [0.2, 0.25) is 0 Å². The van der Waals surface area contributed by atoms with Gasteiger partial charge in [0.15, 0.2) is 6.10 Å². The van der Waals surface area contributed by atoms with Gasteiger partial charge in [-0.15, -0.1) is 0 Å². The third kappa shape index (κ3) is 2.51. The van der Waals surface area contributed by atoms with Crippen molar-refractivity contribution in [2.45, 2.75) is 26.0 Å². The molecule has 9 nitrogen and oxygen atoms in total. The fourth-order valence-corrected chi connectivity index (χ4v) is 3.55. The second-order valence-corrected chi connectivity index (χ2v) is 6.48. The number of nitrogens with two attached hydrogens (primary N) is 1. The lowest BCUT2D eigenvalue weighted by molar-refractivity contribution is 0.0863. The van der Waals surface area contributed by atoms with Gasteiger partial charge in [0, 0.05) is 24.7 Å². The van der Waals surface area contributed by atoms with Crippen LogP contribution in [0.1, 0.15) is 30.6 Å². The van der Waals surface area contributed by atoms with Gasteiger partial charge in [-0.2, -0.15) is 14.8 Å². The zero-order valence-electron chi connectivity index (χ0n) is 15.2. The highest BCUT2D eigenvalue weighted by atomic mass is 16.6. The summed E-state index contributed by atoms with van der Waals surface area (Å²) in [5.74, 6) is 0.885. The summed E-state index contributed by atoms with van der Waals surface area (Å²) in [5, 5.41) is 8.50. The van der Waals surface area contributed by atoms with E-state index in [1.165, 1.54) is 11.0 Å². The lowest BCUT2D eigenvalue weighted by Crippen LogP contribution is -2.11. The monoisotopic (exact) mass is 374 g/mol. The highest BCUT2D eigenvalue weighted by Crippen LogP contribution is 2.34. The summed E-state index contributed by atoms with van der Waals surface area (Å²) < 4.78 is 3.57. The van der Waals surface area contributed by atoms with E-state index in [-0.39, 0.29) is 12.1 Å². The van der Waals surface area contributed by atoms with Gasteiger partial charge in [0.25, 0.3) is 0 Å². The number of rotatable bonds is 4. The van der Waals surface area contributed by atoms with Crippen molar-refractivity contribution in [1.82, 2.24) is 29.3 Å². The van der Waals surface area contributed by atoms with Crippen molar-refractivity contribution in [3.05, 3.63) is 60.2 Å². The molecule has 4 heterocycles. The molecule has 2 N–H and O–H groups in total. The zero-order valence-corrected chi connectivity index (χ0v) is 15.2. The molecule has 1 unspecified atom stereocenters. The van der Waals surface area contributed by atoms with Gasteiger partial charge in [-0.05, 0) is 12.5 Å². The first-order valence-corrected chi connectivity index (χ1v) is 9.04. The zero-order chi connectivity index (χ0) is 19.1. The number of benzene rings is 1. The van der Waals surface area contributed by atoms with Crippen molar-refractivity contribution >= 4 is 22.7 Å². The summed E-state index contributed by atoms with van der Waals surface area (Å²) >= 11 is 0. The van der Waals surface area contributed by atoms with E-state index in [4.69, 9.17) is 10.6 Å². The minimum Gasteiger partial charge on any atom is -0.387 e. The van der Waals surface area contributed by atoms with Crippen LogP contribution in [0.25, 0.3) is 17.0 Å². The van der Waals surface area contributed by atoms with Crippen molar-refractivity contribution in [3.8, 4) is 5.95 Å². The molecule has 1 aliphatic rings. The van der Waals surface area contributed by atoms with Gasteiger partial charge in [0.1, 0.15) is 11.8 Å². The molecular weight excluding hydrogens is 356 g/mol. The fraction of sp³-hybridized carbons (Fsp3) is 0.211. The van der Waals surface area contributed by atoms with Gasteiger partial charge in [-0.25, -0.2) is 4.98 Å². The molecule has 0 amide bonds. The second-order valence-electron chi connectivity index (χ2n) is 6.48. The smallest absolute Gasteiger partial charge is 0.235 e. The Morgan fingerprint density at radius 3 is 2.82 bits per heavy atom. The first-order chi connectivity index (χ1) is 13.8. The molecule has 0 saturated carbocycles. The Labute approximate surface area is 160 Å². The molecule has 1 aromatic carbocycles. The molecule has 4 aromatic rings. The van der Waals surface area contributed by atoms with Crippen molar-refractivity contribution < 1.29 is 4.84 Å². The number of oxime groups is 1. The molecule has 5 rings (SSSR count). The number of hydrogen-bond donors (Lipinski definition) is 1. The van der Waals surface area contributed by atoms with Gasteiger partial charge in [0.05, 0.1) is 17.4 Å². The lowest BCUT2D eigenvalue weighted by Gasteiger charge is -2.12. The standard InChI is InChI=1S/C19H18N8O/c1-2-26-17-13(16-8-14(25-28-16)12-6-4-3-5-7-12)9-21-10-15(17)24-19(26)27-18(20)22-11-23-27/h3-7,9-11,16H,2,8H2,1H3,(H2,20,22,23). The van der Waals surface area contributed by atoms with E-state index in [1.54, 1.807) is 6.20 Å². The summed E-state index contributed by atoms with van der Waals surface area (Å²) in [6, 6.07) is 10.0. The second kappa shape index (κ2) is 6.45. The number of fused-ring (bicyclic) bond motifs is 1. The van der Waals surface area contributed by atoms with E-state index in [2.05, 4.69) is 25.2 Å². The summed E-state index contributed by atoms with van der Waals surface area (Å²) in [6.45, 7) is 2.73. The van der Waals surface area contributed by atoms with Gasteiger partial charge in [-0.1, -0.05) is 35.5 Å². The van der Waals surface area contributed by atoms with E-state index in [0.29, 0.717) is 18.9 Å². The molecule has 1 atom stereocenters. The van der Waals surface area contributed by atoms with E-state index in [1.807, 2.05) is 48.0 Å². The quantitative estimate of drug-likeness (QED) is 0.588. The first-order valence-electron chi connectivity index (χ1n) is 9.04. The molecule has 1 aliphatic heterocycles. The Morgan fingerprint density at radius 2 is 2.07 bits per heavy atom. The van der Waals surface area contributed by atoms with Crippen LogP contribution in [0.15, 0.2) is 54.2 Å². The van der Waals surface area contributed by atoms with E-state index in [9.17, 15) is 0 Å². The third-order valence-electron chi connectivity index (χ3n) is 4.86. The van der Waals surface area contributed by atoms with Gasteiger partial charge in [0.2, 0.25) is 11.9 Å². The van der Waals surface area contributed by atoms with Crippen molar-refractivity contribution in [2.24, 2.45) is 5.16 Å². The number of pyridine rings is 1. The van der Waals surface area contributed by atoms with E-state index < -0.39 is 0 Å².